The van der Waals surface area contributed by atoms with Crippen molar-refractivity contribution in [3.8, 4) is 0 Å². The third-order valence-electron chi connectivity index (χ3n) is 17.9. The number of esters is 2. The molecule has 0 saturated heterocycles. The molecule has 4 atom stereocenters. The van der Waals surface area contributed by atoms with Gasteiger partial charge in [-0.15, -0.1) is 0 Å². The number of nitrogens with one attached hydrogen (secondary N) is 4. The van der Waals surface area contributed by atoms with Crippen molar-refractivity contribution in [3.63, 3.8) is 0 Å². The lowest BCUT2D eigenvalue weighted by molar-refractivity contribution is -0.162. The Bertz CT molecular complexity index is 3620. The number of carbonyl (C=O) groups is 8. The van der Waals surface area contributed by atoms with Gasteiger partial charge in [0.25, 0.3) is 11.8 Å². The molecule has 101 heavy (non-hydrogen) atoms. The maximum atomic E-state index is 15.2. The molecular formula is C83H94Cl2N4O12. The number of hydrogen-bond donors (Lipinski definition) is 4. The van der Waals surface area contributed by atoms with Crippen molar-refractivity contribution in [2.75, 3.05) is 21.3 Å². The molecule has 18 heteroatoms. The standard InChI is InChI=1S/C83H94Cl2N4O12/c1-3-5-7-9-11-13-15-17-31-47-72(90)86-68-45-33-39-64(57-68)74(92)82(84,76(94)88-66-41-27-21-28-42-66)100-70-49-53-80(54-50-70,78(96)98-59-62-35-23-19-24-36-62)61-81(79(97)99-60-63-37-25-20-26-38-63)55-51-71(52-56-81)101-83(85,77(95)89-67-43-29-22-30-44-67)75(93)65-40-34-46-69(58-65)87-73(91)48-32-18-16-14-12-10-8-6-4-2/h19-30,33-46,49-53,55,57-58H,3-18,31-32,47-48,54,56,59-61H2,1-2H3,(H,86,90)(H,87,91)(H,88,94)(H,89,95). The van der Waals surface area contributed by atoms with E-state index in [1.54, 1.807) is 133 Å². The van der Waals surface area contributed by atoms with Gasteiger partial charge in [0.1, 0.15) is 24.7 Å². The summed E-state index contributed by atoms with van der Waals surface area (Å²) in [6, 6.07) is 46.9. The van der Waals surface area contributed by atoms with E-state index in [1.165, 1.54) is 125 Å². The Labute approximate surface area is 604 Å². The number of amides is 4. The minimum atomic E-state index is -2.79. The number of carbonyl (C=O) groups excluding carboxylic acids is 8. The Morgan fingerprint density at radius 2 is 0.723 bits per heavy atom. The van der Waals surface area contributed by atoms with Crippen molar-refractivity contribution in [1.82, 2.24) is 0 Å². The van der Waals surface area contributed by atoms with Crippen LogP contribution in [0, 0.1) is 10.8 Å². The highest BCUT2D eigenvalue weighted by atomic mass is 35.5. The van der Waals surface area contributed by atoms with Gasteiger partial charge in [-0.3, -0.25) is 38.4 Å². The second-order valence-corrected chi connectivity index (χ2v) is 27.1. The first-order valence-corrected chi connectivity index (χ1v) is 36.3. The summed E-state index contributed by atoms with van der Waals surface area (Å²) >= 11 is 14.5. The minimum Gasteiger partial charge on any atom is -0.460 e. The van der Waals surface area contributed by atoms with Crippen molar-refractivity contribution in [2.45, 2.75) is 185 Å². The van der Waals surface area contributed by atoms with Crippen molar-refractivity contribution in [2.24, 2.45) is 10.8 Å². The summed E-state index contributed by atoms with van der Waals surface area (Å²) in [6.07, 6.45) is 28.1. The predicted molar refractivity (Wildman–Crippen MR) is 398 cm³/mol. The number of para-hydroxylation sites is 2. The third-order valence-corrected chi connectivity index (χ3v) is 18.8. The van der Waals surface area contributed by atoms with Crippen LogP contribution in [0.2, 0.25) is 0 Å². The van der Waals surface area contributed by atoms with E-state index in [0.717, 1.165) is 38.5 Å². The SMILES string of the molecule is CCCCCCCCCCCC(=O)Nc1cccc(C(=O)C(Cl)(OC2=CCC(CC3(C(=O)OCc4ccccc4)C=CC(OC(Cl)(C(=O)Nc4ccccc4)C(=O)c4cccc(NC(=O)CCCCCCCCCCC)c4)=CC3)(C(=O)OCc3ccccc3)C=C2)C(=O)Nc2ccccc2)c1. The lowest BCUT2D eigenvalue weighted by Crippen LogP contribution is -2.48. The molecule has 16 nitrogen and oxygen atoms in total. The van der Waals surface area contributed by atoms with Crippen LogP contribution in [0.1, 0.15) is 193 Å². The summed E-state index contributed by atoms with van der Waals surface area (Å²) in [5, 5.41) is 5.58. The van der Waals surface area contributed by atoms with Gasteiger partial charge in [-0.2, -0.15) is 0 Å². The molecule has 0 spiro atoms. The van der Waals surface area contributed by atoms with E-state index in [-0.39, 0.29) is 79.8 Å². The minimum absolute atomic E-state index is 0.0541. The first-order valence-electron chi connectivity index (χ1n) is 35.6. The van der Waals surface area contributed by atoms with Crippen LogP contribution < -0.4 is 21.3 Å². The molecule has 6 aromatic rings. The van der Waals surface area contributed by atoms with Crippen LogP contribution in [0.5, 0.6) is 0 Å². The van der Waals surface area contributed by atoms with Gasteiger partial charge in [0.2, 0.25) is 23.4 Å². The molecule has 4 N–H and O–H groups in total. The number of ketones is 2. The summed E-state index contributed by atoms with van der Waals surface area (Å²) in [5.74, 6) is -6.20. The zero-order valence-corrected chi connectivity index (χ0v) is 59.5. The molecule has 0 heterocycles. The normalized spacial score (nSPS) is 16.6. The molecule has 532 valence electrons. The molecule has 2 aliphatic carbocycles. The highest BCUT2D eigenvalue weighted by Gasteiger charge is 2.53. The Hall–Kier alpha value is -9.38. The Morgan fingerprint density at radius 3 is 1.06 bits per heavy atom. The average molecular weight is 1410 g/mol. The smallest absolute Gasteiger partial charge is 0.324 e. The van der Waals surface area contributed by atoms with E-state index < -0.39 is 56.3 Å². The Kier molecular flexibility index (Phi) is 30.3. The van der Waals surface area contributed by atoms with Gasteiger partial charge >= 0.3 is 22.1 Å². The van der Waals surface area contributed by atoms with Crippen LogP contribution in [-0.4, -0.2) is 57.3 Å². The fraction of sp³-hybridized carbons (Fsp3) is 0.373. The molecule has 0 radical (unpaired) electrons. The summed E-state index contributed by atoms with van der Waals surface area (Å²) in [6.45, 7) is 4.07. The van der Waals surface area contributed by atoms with E-state index in [9.17, 15) is 28.8 Å². The van der Waals surface area contributed by atoms with E-state index in [4.69, 9.17) is 42.1 Å². The molecule has 8 rings (SSSR count). The number of halogens is 2. The first kappa shape index (κ1) is 77.4. The molecule has 4 amide bonds. The summed E-state index contributed by atoms with van der Waals surface area (Å²) < 4.78 is 25.0. The predicted octanol–water partition coefficient (Wildman–Crippen LogP) is 19.2. The molecule has 0 saturated carbocycles. The van der Waals surface area contributed by atoms with Gasteiger partial charge in [-0.05, 0) is 116 Å². The molecule has 2 aliphatic rings. The van der Waals surface area contributed by atoms with Crippen LogP contribution in [0.4, 0.5) is 22.7 Å². The largest absolute Gasteiger partial charge is 0.460 e. The van der Waals surface area contributed by atoms with Crippen molar-refractivity contribution >= 4 is 93.1 Å². The zero-order chi connectivity index (χ0) is 71.8. The van der Waals surface area contributed by atoms with Gasteiger partial charge < -0.3 is 40.2 Å². The highest BCUT2D eigenvalue weighted by molar-refractivity contribution is 6.49. The summed E-state index contributed by atoms with van der Waals surface area (Å²) in [7, 11) is 0. The van der Waals surface area contributed by atoms with Crippen LogP contribution in [0.15, 0.2) is 218 Å². The van der Waals surface area contributed by atoms with E-state index in [1.807, 2.05) is 12.1 Å². The number of alkyl halides is 2. The average Bonchev–Trinajstić information content (AvgIpc) is 0.763. The molecule has 0 fully saturated rings. The number of anilines is 4. The van der Waals surface area contributed by atoms with Crippen LogP contribution >= 0.6 is 23.2 Å². The summed E-state index contributed by atoms with van der Waals surface area (Å²) in [5.41, 5.74) is -0.997. The Morgan fingerprint density at radius 1 is 0.396 bits per heavy atom. The number of hydrogen-bond acceptors (Lipinski definition) is 12. The quantitative estimate of drug-likeness (QED) is 0.00924. The van der Waals surface area contributed by atoms with E-state index in [0.29, 0.717) is 46.7 Å². The van der Waals surface area contributed by atoms with Gasteiger partial charge in [-0.1, -0.05) is 273 Å². The topological polar surface area (TPSA) is 222 Å². The molecule has 0 aromatic heterocycles. The number of rotatable bonds is 42. The second-order valence-electron chi connectivity index (χ2n) is 26.0. The number of ether oxygens (including phenoxy) is 4. The summed E-state index contributed by atoms with van der Waals surface area (Å²) in [4.78, 5) is 116. The molecule has 0 aliphatic heterocycles. The third kappa shape index (κ3) is 23.3. The van der Waals surface area contributed by atoms with E-state index >= 15 is 9.59 Å². The van der Waals surface area contributed by atoms with Crippen LogP contribution in [0.25, 0.3) is 0 Å². The number of Topliss-reactive ketones (excluding diaryl/α,β-unsaturated/α-hetero) is 2. The van der Waals surface area contributed by atoms with Gasteiger partial charge in [-0.25, -0.2) is 0 Å². The fourth-order valence-electron chi connectivity index (χ4n) is 12.1. The number of unbranched alkanes of at least 4 members (excludes halogenated alkanes) is 16. The maximum absolute atomic E-state index is 15.2. The second kappa shape index (κ2) is 39.6. The fourth-order valence-corrected chi connectivity index (χ4v) is 12.6. The molecular weight excluding hydrogens is 1320 g/mol. The van der Waals surface area contributed by atoms with Crippen molar-refractivity contribution in [3.05, 3.63) is 240 Å². The van der Waals surface area contributed by atoms with Gasteiger partial charge in [0.05, 0.1) is 10.8 Å². The maximum Gasteiger partial charge on any atom is 0.324 e. The molecule has 6 aromatic carbocycles. The number of benzene rings is 6. The molecule has 0 bridgehead atoms. The van der Waals surface area contributed by atoms with Crippen molar-refractivity contribution < 1.29 is 57.3 Å². The monoisotopic (exact) mass is 1410 g/mol. The number of allylic oxidation sites excluding steroid dienone is 4. The Balaban J connectivity index is 1.06. The van der Waals surface area contributed by atoms with Gasteiger partial charge in [0, 0.05) is 46.7 Å². The van der Waals surface area contributed by atoms with Crippen LogP contribution in [-0.2, 0) is 60.9 Å². The molecule has 4 unspecified atom stereocenters. The highest BCUT2D eigenvalue weighted by Crippen LogP contribution is 2.49. The first-order chi connectivity index (χ1) is 49.0. The van der Waals surface area contributed by atoms with Crippen LogP contribution in [0.3, 0.4) is 0 Å². The van der Waals surface area contributed by atoms with Crippen molar-refractivity contribution in [1.29, 1.82) is 0 Å². The lowest BCUT2D eigenvalue weighted by Gasteiger charge is -2.39. The van der Waals surface area contributed by atoms with Gasteiger partial charge in [0.15, 0.2) is 0 Å². The zero-order valence-electron chi connectivity index (χ0n) is 58.0. The lowest BCUT2D eigenvalue weighted by atomic mass is 9.65. The van der Waals surface area contributed by atoms with E-state index in [2.05, 4.69) is 35.1 Å².